The molecule has 1 aromatic carbocycles. The summed E-state index contributed by atoms with van der Waals surface area (Å²) in [7, 11) is 0. The van der Waals surface area contributed by atoms with Crippen molar-refractivity contribution < 1.29 is 4.79 Å². The Morgan fingerprint density at radius 1 is 1.13 bits per heavy atom. The van der Waals surface area contributed by atoms with Crippen LogP contribution in [-0.2, 0) is 0 Å². The molecule has 23 heavy (non-hydrogen) atoms. The third-order valence-electron chi connectivity index (χ3n) is 3.72. The SMILES string of the molecule is O=C(Nc1cccc(C=C2CCNCC2)n1)c1ccc(Cl)cc1. The molecule has 0 aliphatic carbocycles. The number of hydrogen-bond acceptors (Lipinski definition) is 3. The maximum Gasteiger partial charge on any atom is 0.256 e. The molecule has 0 atom stereocenters. The van der Waals surface area contributed by atoms with Crippen LogP contribution in [0.3, 0.4) is 0 Å². The molecule has 1 aromatic heterocycles. The Morgan fingerprint density at radius 3 is 2.61 bits per heavy atom. The largest absolute Gasteiger partial charge is 0.316 e. The lowest BCUT2D eigenvalue weighted by Crippen LogP contribution is -2.23. The molecule has 0 unspecified atom stereocenters. The first-order valence-electron chi connectivity index (χ1n) is 7.65. The van der Waals surface area contributed by atoms with E-state index in [9.17, 15) is 4.79 Å². The molecule has 4 nitrogen and oxygen atoms in total. The van der Waals surface area contributed by atoms with Gasteiger partial charge >= 0.3 is 0 Å². The van der Waals surface area contributed by atoms with Gasteiger partial charge in [-0.15, -0.1) is 0 Å². The second-order valence-corrected chi connectivity index (χ2v) is 5.90. The second-order valence-electron chi connectivity index (χ2n) is 5.46. The zero-order valence-electron chi connectivity index (χ0n) is 12.7. The van der Waals surface area contributed by atoms with Crippen molar-refractivity contribution in [3.8, 4) is 0 Å². The number of carbonyl (C=O) groups is 1. The Morgan fingerprint density at radius 2 is 1.87 bits per heavy atom. The van der Waals surface area contributed by atoms with Crippen LogP contribution in [0.15, 0.2) is 48.0 Å². The Labute approximate surface area is 140 Å². The summed E-state index contributed by atoms with van der Waals surface area (Å²) >= 11 is 5.83. The van der Waals surface area contributed by atoms with Gasteiger partial charge in [0, 0.05) is 10.6 Å². The summed E-state index contributed by atoms with van der Waals surface area (Å²) in [4.78, 5) is 16.7. The molecule has 3 rings (SSSR count). The van der Waals surface area contributed by atoms with E-state index in [0.29, 0.717) is 16.4 Å². The van der Waals surface area contributed by atoms with Crippen molar-refractivity contribution in [3.05, 3.63) is 64.3 Å². The highest BCUT2D eigenvalue weighted by molar-refractivity contribution is 6.30. The van der Waals surface area contributed by atoms with E-state index in [2.05, 4.69) is 21.7 Å². The summed E-state index contributed by atoms with van der Waals surface area (Å²) in [6, 6.07) is 12.4. The van der Waals surface area contributed by atoms with E-state index in [0.717, 1.165) is 31.6 Å². The first-order valence-corrected chi connectivity index (χ1v) is 8.03. The minimum absolute atomic E-state index is 0.194. The van der Waals surface area contributed by atoms with E-state index in [1.165, 1.54) is 5.57 Å². The summed E-state index contributed by atoms with van der Waals surface area (Å²) < 4.78 is 0. The van der Waals surface area contributed by atoms with Crippen molar-refractivity contribution in [2.24, 2.45) is 0 Å². The molecule has 0 spiro atoms. The van der Waals surface area contributed by atoms with Crippen LogP contribution in [0.4, 0.5) is 5.82 Å². The number of pyridine rings is 1. The van der Waals surface area contributed by atoms with Gasteiger partial charge in [0.2, 0.25) is 0 Å². The maximum absolute atomic E-state index is 12.2. The number of aromatic nitrogens is 1. The van der Waals surface area contributed by atoms with E-state index in [1.54, 1.807) is 30.3 Å². The van der Waals surface area contributed by atoms with Crippen LogP contribution in [0.25, 0.3) is 6.08 Å². The smallest absolute Gasteiger partial charge is 0.256 e. The highest BCUT2D eigenvalue weighted by Gasteiger charge is 2.08. The number of carbonyl (C=O) groups excluding carboxylic acids is 1. The van der Waals surface area contributed by atoms with Crippen molar-refractivity contribution in [2.45, 2.75) is 12.8 Å². The molecule has 1 aliphatic rings. The van der Waals surface area contributed by atoms with Gasteiger partial charge in [0.25, 0.3) is 5.91 Å². The summed E-state index contributed by atoms with van der Waals surface area (Å²) in [6.45, 7) is 2.03. The predicted octanol–water partition coefficient (Wildman–Crippen LogP) is 3.75. The minimum Gasteiger partial charge on any atom is -0.316 e. The normalized spacial score (nSPS) is 14.4. The molecule has 0 saturated carbocycles. The molecule has 2 N–H and O–H groups in total. The molecule has 2 heterocycles. The number of hydrogen-bond donors (Lipinski definition) is 2. The highest BCUT2D eigenvalue weighted by Crippen LogP contribution is 2.16. The summed E-state index contributed by atoms with van der Waals surface area (Å²) in [5.74, 6) is 0.356. The van der Waals surface area contributed by atoms with Crippen molar-refractivity contribution >= 4 is 29.4 Å². The number of halogens is 1. The second kappa shape index (κ2) is 7.40. The summed E-state index contributed by atoms with van der Waals surface area (Å²) in [5, 5.41) is 6.76. The molecular weight excluding hydrogens is 310 g/mol. The molecule has 0 bridgehead atoms. The van der Waals surface area contributed by atoms with Gasteiger partial charge in [-0.3, -0.25) is 4.79 Å². The zero-order chi connectivity index (χ0) is 16.1. The number of amides is 1. The van der Waals surface area contributed by atoms with E-state index in [4.69, 9.17) is 11.6 Å². The van der Waals surface area contributed by atoms with Crippen LogP contribution in [-0.4, -0.2) is 24.0 Å². The van der Waals surface area contributed by atoms with Crippen molar-refractivity contribution in [2.75, 3.05) is 18.4 Å². The fourth-order valence-electron chi connectivity index (χ4n) is 2.49. The van der Waals surface area contributed by atoms with Crippen molar-refractivity contribution in [3.63, 3.8) is 0 Å². The lowest BCUT2D eigenvalue weighted by molar-refractivity contribution is 0.102. The number of benzene rings is 1. The van der Waals surface area contributed by atoms with Crippen LogP contribution in [0.2, 0.25) is 5.02 Å². The molecule has 0 radical (unpaired) electrons. The molecule has 118 valence electrons. The van der Waals surface area contributed by atoms with E-state index < -0.39 is 0 Å². The Hall–Kier alpha value is -2.17. The van der Waals surface area contributed by atoms with Crippen LogP contribution in [0, 0.1) is 0 Å². The van der Waals surface area contributed by atoms with Gasteiger partial charge in [-0.05, 0) is 68.4 Å². The average Bonchev–Trinajstić information content (AvgIpc) is 2.57. The maximum atomic E-state index is 12.2. The van der Waals surface area contributed by atoms with Crippen LogP contribution in [0.5, 0.6) is 0 Å². The van der Waals surface area contributed by atoms with Gasteiger partial charge in [-0.2, -0.15) is 0 Å². The lowest BCUT2D eigenvalue weighted by Gasteiger charge is -2.15. The molecule has 5 heteroatoms. The summed E-state index contributed by atoms with van der Waals surface area (Å²) in [5.41, 5.74) is 2.81. The van der Waals surface area contributed by atoms with Gasteiger partial charge in [0.1, 0.15) is 5.82 Å². The van der Waals surface area contributed by atoms with Crippen molar-refractivity contribution in [1.82, 2.24) is 10.3 Å². The van der Waals surface area contributed by atoms with E-state index in [1.807, 2.05) is 12.1 Å². The number of nitrogens with zero attached hydrogens (tertiary/aromatic N) is 1. The highest BCUT2D eigenvalue weighted by atomic mass is 35.5. The van der Waals surface area contributed by atoms with Gasteiger partial charge in [-0.25, -0.2) is 4.98 Å². The Bertz CT molecular complexity index is 717. The molecule has 1 amide bonds. The first kappa shape index (κ1) is 15.7. The average molecular weight is 328 g/mol. The summed E-state index contributed by atoms with van der Waals surface area (Å²) in [6.07, 6.45) is 4.20. The predicted molar refractivity (Wildman–Crippen MR) is 93.7 cm³/mol. The standard InChI is InChI=1S/C18H18ClN3O/c19-15-6-4-14(5-7-15)18(23)22-17-3-1-2-16(21-17)12-13-8-10-20-11-9-13/h1-7,12,20H,8-11H2,(H,21,22,23). The van der Waals surface area contributed by atoms with Crippen LogP contribution in [0.1, 0.15) is 28.9 Å². The van der Waals surface area contributed by atoms with Gasteiger partial charge in [-0.1, -0.05) is 23.2 Å². The van der Waals surface area contributed by atoms with Crippen LogP contribution >= 0.6 is 11.6 Å². The monoisotopic (exact) mass is 327 g/mol. The van der Waals surface area contributed by atoms with Gasteiger partial charge in [0.15, 0.2) is 0 Å². The lowest BCUT2D eigenvalue weighted by atomic mass is 10.0. The molecular formula is C18H18ClN3O. The van der Waals surface area contributed by atoms with Gasteiger partial charge < -0.3 is 10.6 Å². The molecule has 1 saturated heterocycles. The first-order chi connectivity index (χ1) is 11.2. The van der Waals surface area contributed by atoms with Crippen LogP contribution < -0.4 is 10.6 Å². The van der Waals surface area contributed by atoms with Crippen molar-refractivity contribution in [1.29, 1.82) is 0 Å². The third-order valence-corrected chi connectivity index (χ3v) is 3.97. The zero-order valence-corrected chi connectivity index (χ0v) is 13.4. The van der Waals surface area contributed by atoms with E-state index in [-0.39, 0.29) is 5.91 Å². The number of nitrogens with one attached hydrogen (secondary N) is 2. The molecule has 2 aromatic rings. The number of anilines is 1. The topological polar surface area (TPSA) is 54.0 Å². The third kappa shape index (κ3) is 4.41. The molecule has 1 aliphatic heterocycles. The fraction of sp³-hybridized carbons (Fsp3) is 0.222. The Balaban J connectivity index is 1.72. The Kier molecular flexibility index (Phi) is 5.05. The quantitative estimate of drug-likeness (QED) is 0.902. The fourth-order valence-corrected chi connectivity index (χ4v) is 2.62. The van der Waals surface area contributed by atoms with Gasteiger partial charge in [0.05, 0.1) is 5.69 Å². The van der Waals surface area contributed by atoms with E-state index >= 15 is 0 Å². The number of piperidine rings is 1. The number of rotatable bonds is 3. The molecule has 1 fully saturated rings. The minimum atomic E-state index is -0.194.